The summed E-state index contributed by atoms with van der Waals surface area (Å²) in [7, 11) is -3.95. The average Bonchev–Trinajstić information content (AvgIpc) is 2.79. The summed E-state index contributed by atoms with van der Waals surface area (Å²) in [5.74, 6) is -0.803. The van der Waals surface area contributed by atoms with E-state index in [0.29, 0.717) is 0 Å². The van der Waals surface area contributed by atoms with Crippen molar-refractivity contribution >= 4 is 38.7 Å². The molecule has 1 fully saturated rings. The first-order valence-corrected chi connectivity index (χ1v) is 9.11. The van der Waals surface area contributed by atoms with Crippen LogP contribution in [0.2, 0.25) is 0 Å². The number of benzene rings is 2. The van der Waals surface area contributed by atoms with Gasteiger partial charge in [0.25, 0.3) is 5.91 Å². The van der Waals surface area contributed by atoms with Gasteiger partial charge in [0.15, 0.2) is 0 Å². The van der Waals surface area contributed by atoms with E-state index in [0.717, 1.165) is 33.5 Å². The SMILES string of the molecule is CCC/C=C/c1ccc2cc(O)c(N3CC(=O)NS3(=O)=O)cc2c1. The monoisotopic (exact) mass is 346 g/mol. The standard InChI is InChI=1S/C17H18N2O4S/c1-2-3-4-5-12-6-7-13-10-16(20)15(9-14(13)8-12)19-11-17(21)18-24(19,22)23/h4-10,20H,2-3,11H2,1H3,(H,18,21)/b5-4+. The Morgan fingerprint density at radius 3 is 2.71 bits per heavy atom. The molecule has 6 nitrogen and oxygen atoms in total. The first-order chi connectivity index (χ1) is 11.4. The maximum atomic E-state index is 12.0. The largest absolute Gasteiger partial charge is 0.506 e. The molecule has 0 spiro atoms. The van der Waals surface area contributed by atoms with Crippen molar-refractivity contribution in [3.05, 3.63) is 42.0 Å². The Balaban J connectivity index is 2.06. The number of hydrogen-bond acceptors (Lipinski definition) is 4. The fraction of sp³-hybridized carbons (Fsp3) is 0.235. The molecule has 1 amide bonds. The van der Waals surface area contributed by atoms with Gasteiger partial charge in [0.1, 0.15) is 12.3 Å². The lowest BCUT2D eigenvalue weighted by Crippen LogP contribution is -2.29. The molecule has 0 bridgehead atoms. The number of carbonyl (C=O) groups excluding carboxylic acids is 1. The van der Waals surface area contributed by atoms with Gasteiger partial charge in [-0.3, -0.25) is 4.79 Å². The van der Waals surface area contributed by atoms with Crippen LogP contribution in [0.5, 0.6) is 5.75 Å². The van der Waals surface area contributed by atoms with Gasteiger partial charge < -0.3 is 5.11 Å². The number of amides is 1. The Morgan fingerprint density at radius 1 is 1.25 bits per heavy atom. The first-order valence-electron chi connectivity index (χ1n) is 7.67. The molecule has 0 aliphatic carbocycles. The average molecular weight is 346 g/mol. The van der Waals surface area contributed by atoms with E-state index in [4.69, 9.17) is 0 Å². The Kier molecular flexibility index (Phi) is 4.19. The van der Waals surface area contributed by atoms with Crippen molar-refractivity contribution in [3.8, 4) is 5.75 Å². The van der Waals surface area contributed by atoms with E-state index in [9.17, 15) is 18.3 Å². The molecule has 126 valence electrons. The summed E-state index contributed by atoms with van der Waals surface area (Å²) in [5, 5.41) is 11.8. The molecule has 1 aliphatic heterocycles. The number of nitrogens with zero attached hydrogens (tertiary/aromatic N) is 1. The number of rotatable bonds is 4. The van der Waals surface area contributed by atoms with Crippen molar-refractivity contribution < 1.29 is 18.3 Å². The number of aromatic hydroxyl groups is 1. The molecule has 0 unspecified atom stereocenters. The molecule has 1 aliphatic rings. The molecule has 7 heteroatoms. The topological polar surface area (TPSA) is 86.7 Å². The molecule has 0 radical (unpaired) electrons. The maximum Gasteiger partial charge on any atom is 0.326 e. The molecule has 24 heavy (non-hydrogen) atoms. The Hall–Kier alpha value is -2.54. The molecule has 1 saturated heterocycles. The van der Waals surface area contributed by atoms with Gasteiger partial charge in [-0.2, -0.15) is 8.42 Å². The van der Waals surface area contributed by atoms with Gasteiger partial charge in [0, 0.05) is 0 Å². The van der Waals surface area contributed by atoms with Crippen molar-refractivity contribution in [1.82, 2.24) is 4.72 Å². The van der Waals surface area contributed by atoms with E-state index in [1.165, 1.54) is 6.07 Å². The van der Waals surface area contributed by atoms with Crippen molar-refractivity contribution in [2.24, 2.45) is 0 Å². The van der Waals surface area contributed by atoms with Crippen LogP contribution in [0.15, 0.2) is 36.4 Å². The lowest BCUT2D eigenvalue weighted by atomic mass is 10.0. The summed E-state index contributed by atoms with van der Waals surface area (Å²) >= 11 is 0. The smallest absolute Gasteiger partial charge is 0.326 e. The predicted molar refractivity (Wildman–Crippen MR) is 94.0 cm³/mol. The van der Waals surface area contributed by atoms with Crippen molar-refractivity contribution in [2.45, 2.75) is 19.8 Å². The van der Waals surface area contributed by atoms with E-state index in [2.05, 4.69) is 13.0 Å². The highest BCUT2D eigenvalue weighted by Crippen LogP contribution is 2.35. The molecule has 3 rings (SSSR count). The van der Waals surface area contributed by atoms with Gasteiger partial charge in [0.05, 0.1) is 5.69 Å². The molecule has 0 saturated carbocycles. The van der Waals surface area contributed by atoms with Gasteiger partial charge in [-0.05, 0) is 41.0 Å². The predicted octanol–water partition coefficient (Wildman–Crippen LogP) is 2.54. The molecule has 0 aromatic heterocycles. The minimum absolute atomic E-state index is 0.0931. The minimum atomic E-state index is -3.95. The fourth-order valence-electron chi connectivity index (χ4n) is 2.64. The van der Waals surface area contributed by atoms with Crippen LogP contribution in [-0.4, -0.2) is 26.0 Å². The number of carbonyl (C=O) groups is 1. The molecule has 2 aromatic carbocycles. The van der Waals surface area contributed by atoms with Gasteiger partial charge in [-0.15, -0.1) is 0 Å². The molecule has 0 atom stereocenters. The highest BCUT2D eigenvalue weighted by atomic mass is 32.2. The van der Waals surface area contributed by atoms with Crippen LogP contribution in [0.3, 0.4) is 0 Å². The fourth-order valence-corrected chi connectivity index (χ4v) is 3.80. The highest BCUT2D eigenvalue weighted by Gasteiger charge is 2.35. The minimum Gasteiger partial charge on any atom is -0.506 e. The summed E-state index contributed by atoms with van der Waals surface area (Å²) < 4.78 is 26.7. The summed E-state index contributed by atoms with van der Waals surface area (Å²) in [4.78, 5) is 11.4. The van der Waals surface area contributed by atoms with Crippen LogP contribution in [-0.2, 0) is 15.0 Å². The van der Waals surface area contributed by atoms with Gasteiger partial charge in [-0.1, -0.05) is 37.6 Å². The van der Waals surface area contributed by atoms with Crippen molar-refractivity contribution in [3.63, 3.8) is 0 Å². The lowest BCUT2D eigenvalue weighted by molar-refractivity contribution is -0.117. The maximum absolute atomic E-state index is 12.0. The number of anilines is 1. The highest BCUT2D eigenvalue weighted by molar-refractivity contribution is 7.92. The third kappa shape index (κ3) is 3.07. The second-order valence-electron chi connectivity index (χ2n) is 5.68. The van der Waals surface area contributed by atoms with Gasteiger partial charge in [-0.25, -0.2) is 9.03 Å². The van der Waals surface area contributed by atoms with Crippen molar-refractivity contribution in [2.75, 3.05) is 10.8 Å². The number of hydrogen-bond donors (Lipinski definition) is 2. The van der Waals surface area contributed by atoms with Gasteiger partial charge in [0.2, 0.25) is 0 Å². The van der Waals surface area contributed by atoms with E-state index < -0.39 is 16.1 Å². The molecule has 2 N–H and O–H groups in total. The van der Waals surface area contributed by atoms with Crippen LogP contribution in [0.1, 0.15) is 25.3 Å². The number of phenolic OH excluding ortho intramolecular Hbond substituents is 1. The van der Waals surface area contributed by atoms with Crippen LogP contribution < -0.4 is 9.03 Å². The van der Waals surface area contributed by atoms with Crippen LogP contribution >= 0.6 is 0 Å². The summed E-state index contributed by atoms with van der Waals surface area (Å²) in [5.41, 5.74) is 1.08. The van der Waals surface area contributed by atoms with E-state index >= 15 is 0 Å². The van der Waals surface area contributed by atoms with Gasteiger partial charge >= 0.3 is 10.2 Å². The van der Waals surface area contributed by atoms with E-state index in [1.807, 2.05) is 29.0 Å². The summed E-state index contributed by atoms with van der Waals surface area (Å²) in [6.45, 7) is 1.77. The normalized spacial score (nSPS) is 16.9. The number of fused-ring (bicyclic) bond motifs is 1. The van der Waals surface area contributed by atoms with Crippen LogP contribution in [0.4, 0.5) is 5.69 Å². The zero-order valence-corrected chi connectivity index (χ0v) is 14.0. The molecule has 1 heterocycles. The molecular formula is C17H18N2O4S. The zero-order valence-electron chi connectivity index (χ0n) is 13.2. The second kappa shape index (κ2) is 6.16. The van der Waals surface area contributed by atoms with Crippen molar-refractivity contribution in [1.29, 1.82) is 0 Å². The third-order valence-corrected chi connectivity index (χ3v) is 5.20. The van der Waals surface area contributed by atoms with E-state index in [1.54, 1.807) is 6.07 Å². The number of phenols is 1. The van der Waals surface area contributed by atoms with Crippen LogP contribution in [0.25, 0.3) is 16.8 Å². The Labute approximate surface area is 140 Å². The lowest BCUT2D eigenvalue weighted by Gasteiger charge is -2.17. The first kappa shape index (κ1) is 16.3. The number of allylic oxidation sites excluding steroid dienone is 1. The molecule has 2 aromatic rings. The van der Waals surface area contributed by atoms with E-state index in [-0.39, 0.29) is 18.0 Å². The number of nitrogens with one attached hydrogen (secondary N) is 1. The summed E-state index contributed by atoms with van der Waals surface area (Å²) in [6, 6.07) is 8.81. The Bertz CT molecular complexity index is 935. The Morgan fingerprint density at radius 2 is 2.04 bits per heavy atom. The quantitative estimate of drug-likeness (QED) is 0.891. The summed E-state index contributed by atoms with van der Waals surface area (Å²) in [6.07, 6.45) is 6.14. The second-order valence-corrected chi connectivity index (χ2v) is 7.27. The zero-order chi connectivity index (χ0) is 17.3. The molecular weight excluding hydrogens is 328 g/mol. The third-order valence-electron chi connectivity index (χ3n) is 3.81. The van der Waals surface area contributed by atoms with Crippen LogP contribution in [0, 0.1) is 0 Å². The number of unbranched alkanes of at least 4 members (excludes halogenated alkanes) is 1.